The average molecular weight is 589 g/mol. The number of benzene rings is 1. The number of aliphatic hydroxyl groups excluding tert-OH is 1. The molecule has 0 radical (unpaired) electrons. The van der Waals surface area contributed by atoms with Gasteiger partial charge in [0.25, 0.3) is 5.91 Å². The van der Waals surface area contributed by atoms with Crippen LogP contribution in [0.2, 0.25) is 0 Å². The van der Waals surface area contributed by atoms with E-state index in [2.05, 4.69) is 5.16 Å². The number of amides is 1. The first kappa shape index (κ1) is 33.1. The highest BCUT2D eigenvalue weighted by molar-refractivity contribution is 6.00. The van der Waals surface area contributed by atoms with Gasteiger partial charge in [-0.15, -0.1) is 0 Å². The number of likely N-dealkylation sites (tertiary alicyclic amines) is 1. The molecule has 3 rings (SSSR count). The van der Waals surface area contributed by atoms with E-state index in [4.69, 9.17) is 28.5 Å². The van der Waals surface area contributed by atoms with Crippen molar-refractivity contribution in [1.82, 2.24) is 4.90 Å². The van der Waals surface area contributed by atoms with Gasteiger partial charge in [0.1, 0.15) is 23.2 Å². The van der Waals surface area contributed by atoms with Crippen molar-refractivity contribution in [2.45, 2.75) is 71.5 Å². The monoisotopic (exact) mass is 588 g/mol. The molecule has 0 spiro atoms. The number of rotatable bonds is 11. The van der Waals surface area contributed by atoms with Gasteiger partial charge in [-0.25, -0.2) is 4.79 Å². The molecule has 232 valence electrons. The zero-order chi connectivity index (χ0) is 30.2. The van der Waals surface area contributed by atoms with Crippen LogP contribution in [-0.2, 0) is 30.3 Å². The molecular weight excluding hydrogens is 544 g/mol. The lowest BCUT2D eigenvalue weighted by atomic mass is 9.99. The second-order valence-corrected chi connectivity index (χ2v) is 10.0. The van der Waals surface area contributed by atoms with Crippen molar-refractivity contribution in [2.24, 2.45) is 5.16 Å². The number of fused-ring (bicyclic) bond motifs is 1. The third-order valence-corrected chi connectivity index (χ3v) is 6.65. The first-order valence-electron chi connectivity index (χ1n) is 14.7. The minimum atomic E-state index is -0.723. The fourth-order valence-electron chi connectivity index (χ4n) is 4.46. The number of hydrogen-bond donors (Lipinski definition) is 1. The molecule has 1 N–H and O–H groups in total. The van der Waals surface area contributed by atoms with Gasteiger partial charge in [0.2, 0.25) is 0 Å². The summed E-state index contributed by atoms with van der Waals surface area (Å²) in [6.45, 7) is 7.54. The van der Waals surface area contributed by atoms with Crippen LogP contribution in [0.15, 0.2) is 41.6 Å². The van der Waals surface area contributed by atoms with Gasteiger partial charge in [0.05, 0.1) is 11.8 Å². The van der Waals surface area contributed by atoms with Gasteiger partial charge in [-0.05, 0) is 64.2 Å². The van der Waals surface area contributed by atoms with Gasteiger partial charge in [-0.3, -0.25) is 4.79 Å². The van der Waals surface area contributed by atoms with Gasteiger partial charge in [-0.2, -0.15) is 0 Å². The molecule has 0 aromatic heterocycles. The minimum Gasteiger partial charge on any atom is -0.467 e. The predicted molar refractivity (Wildman–Crippen MR) is 157 cm³/mol. The molecule has 2 aliphatic rings. The molecule has 1 aromatic carbocycles. The maximum atomic E-state index is 13.5. The Kier molecular flexibility index (Phi) is 14.3. The van der Waals surface area contributed by atoms with E-state index < -0.39 is 18.2 Å². The molecule has 42 heavy (non-hydrogen) atoms. The number of cyclic esters (lactones) is 1. The van der Waals surface area contributed by atoms with Gasteiger partial charge in [0.15, 0.2) is 20.2 Å². The smallest absolute Gasteiger partial charge is 0.342 e. The lowest BCUT2D eigenvalue weighted by molar-refractivity contribution is -0.137. The number of hydrogen-bond acceptors (Lipinski definition) is 10. The summed E-state index contributed by atoms with van der Waals surface area (Å²) in [5, 5.41) is 14.6. The summed E-state index contributed by atoms with van der Waals surface area (Å²) in [4.78, 5) is 33.5. The molecule has 0 aliphatic carbocycles. The second kappa shape index (κ2) is 18.2. The SMILES string of the molecule is CCOCOc1cc2c(c(OCOCC)c1)C(=O)O[C@H](C)C/C=C/[C@@H](O)C/C=C/C(=N/OCC(=O)N1CCCCC1)C2. The van der Waals surface area contributed by atoms with E-state index in [1.54, 1.807) is 48.3 Å². The number of allylic oxidation sites excluding steroid dienone is 1. The number of nitrogens with zero attached hydrogens (tertiary/aromatic N) is 2. The zero-order valence-corrected chi connectivity index (χ0v) is 24.9. The predicted octanol–water partition coefficient (Wildman–Crippen LogP) is 4.17. The Morgan fingerprint density at radius 2 is 1.79 bits per heavy atom. The van der Waals surface area contributed by atoms with Gasteiger partial charge < -0.3 is 38.5 Å². The summed E-state index contributed by atoms with van der Waals surface area (Å²) in [5.41, 5.74) is 1.14. The fourth-order valence-corrected chi connectivity index (χ4v) is 4.46. The lowest BCUT2D eigenvalue weighted by Gasteiger charge is -2.26. The zero-order valence-electron chi connectivity index (χ0n) is 24.9. The standard InChI is InChI=1S/C31H44N2O9/c1-4-37-21-39-27-18-24-17-25(32-41-20-29(35)33-15-7-6-8-16-33)12-10-14-26(34)13-9-11-23(3)42-31(36)30(24)28(19-27)40-22-38-5-2/h9-10,12-13,18-19,23,26,34H,4-8,11,14-17,20-22H2,1-3H3/b12-10+,13-9+,32-25-/t23-,26-/m1/s1. The third-order valence-electron chi connectivity index (χ3n) is 6.65. The molecular formula is C31H44N2O9. The van der Waals surface area contributed by atoms with E-state index in [0.717, 1.165) is 19.3 Å². The lowest BCUT2D eigenvalue weighted by Crippen LogP contribution is -2.37. The summed E-state index contributed by atoms with van der Waals surface area (Å²) < 4.78 is 28.1. The van der Waals surface area contributed by atoms with Crippen LogP contribution in [0.4, 0.5) is 0 Å². The van der Waals surface area contributed by atoms with Crippen molar-refractivity contribution < 1.29 is 43.2 Å². The number of esters is 1. The number of carbonyl (C=O) groups is 2. The van der Waals surface area contributed by atoms with Crippen molar-refractivity contribution in [3.8, 4) is 11.5 Å². The number of carbonyl (C=O) groups excluding carboxylic acids is 2. The molecule has 11 heteroatoms. The molecule has 0 bridgehead atoms. The molecule has 2 heterocycles. The van der Waals surface area contributed by atoms with Crippen molar-refractivity contribution in [2.75, 3.05) is 46.5 Å². The Balaban J connectivity index is 1.98. The molecule has 0 unspecified atom stereocenters. The van der Waals surface area contributed by atoms with Crippen LogP contribution < -0.4 is 9.47 Å². The van der Waals surface area contributed by atoms with Crippen LogP contribution >= 0.6 is 0 Å². The van der Waals surface area contributed by atoms with Crippen LogP contribution in [0.5, 0.6) is 11.5 Å². The Bertz CT molecular complexity index is 1100. The Labute approximate surface area is 248 Å². The van der Waals surface area contributed by atoms with Crippen molar-refractivity contribution >= 4 is 17.6 Å². The van der Waals surface area contributed by atoms with Crippen LogP contribution in [0.25, 0.3) is 0 Å². The second-order valence-electron chi connectivity index (χ2n) is 10.0. The van der Waals surface area contributed by atoms with Gasteiger partial charge in [0, 0.05) is 45.2 Å². The number of piperidine rings is 1. The van der Waals surface area contributed by atoms with Crippen LogP contribution in [0, 0.1) is 0 Å². The Morgan fingerprint density at radius 3 is 2.52 bits per heavy atom. The van der Waals surface area contributed by atoms with Crippen molar-refractivity contribution in [3.05, 3.63) is 47.6 Å². The summed E-state index contributed by atoms with van der Waals surface area (Å²) in [7, 11) is 0. The van der Waals surface area contributed by atoms with E-state index in [9.17, 15) is 14.7 Å². The first-order chi connectivity index (χ1) is 20.4. The number of ether oxygens (including phenoxy) is 5. The largest absolute Gasteiger partial charge is 0.467 e. The quantitative estimate of drug-likeness (QED) is 0.133. The third kappa shape index (κ3) is 11.1. The highest BCUT2D eigenvalue weighted by Crippen LogP contribution is 2.32. The molecule has 11 nitrogen and oxygen atoms in total. The van der Waals surface area contributed by atoms with E-state index >= 15 is 0 Å². The van der Waals surface area contributed by atoms with E-state index in [1.165, 1.54) is 0 Å². The topological polar surface area (TPSA) is 125 Å². The van der Waals surface area contributed by atoms with Crippen LogP contribution in [-0.4, -0.2) is 86.3 Å². The van der Waals surface area contributed by atoms with E-state index in [1.807, 2.05) is 13.8 Å². The van der Waals surface area contributed by atoms with Crippen LogP contribution in [0.3, 0.4) is 0 Å². The first-order valence-corrected chi connectivity index (χ1v) is 14.7. The van der Waals surface area contributed by atoms with Crippen molar-refractivity contribution in [3.63, 3.8) is 0 Å². The summed E-state index contributed by atoms with van der Waals surface area (Å²) in [6.07, 6.45) is 9.71. The van der Waals surface area contributed by atoms with Gasteiger partial charge in [-0.1, -0.05) is 23.4 Å². The molecule has 1 saturated heterocycles. The summed E-state index contributed by atoms with van der Waals surface area (Å²) in [6, 6.07) is 3.30. The Hall–Kier alpha value is -3.41. The number of oxime groups is 1. The molecule has 0 saturated carbocycles. The van der Waals surface area contributed by atoms with E-state index in [0.29, 0.717) is 56.2 Å². The average Bonchev–Trinajstić information content (AvgIpc) is 2.97. The summed E-state index contributed by atoms with van der Waals surface area (Å²) in [5.74, 6) is -0.0673. The normalized spacial score (nSPS) is 22.4. The highest BCUT2D eigenvalue weighted by Gasteiger charge is 2.24. The molecule has 1 amide bonds. The maximum absolute atomic E-state index is 13.5. The Morgan fingerprint density at radius 1 is 1.05 bits per heavy atom. The van der Waals surface area contributed by atoms with Crippen molar-refractivity contribution in [1.29, 1.82) is 0 Å². The fraction of sp³-hybridized carbons (Fsp3) is 0.581. The molecule has 2 atom stereocenters. The molecule has 1 aromatic rings. The van der Waals surface area contributed by atoms with E-state index in [-0.39, 0.29) is 43.8 Å². The van der Waals surface area contributed by atoms with Crippen LogP contribution in [0.1, 0.15) is 68.8 Å². The molecule has 1 fully saturated rings. The van der Waals surface area contributed by atoms with Gasteiger partial charge >= 0.3 is 5.97 Å². The minimum absolute atomic E-state index is 0.00840. The molecule has 2 aliphatic heterocycles. The summed E-state index contributed by atoms with van der Waals surface area (Å²) >= 11 is 0. The maximum Gasteiger partial charge on any atom is 0.342 e. The number of aliphatic hydroxyl groups is 1. The highest BCUT2D eigenvalue weighted by atomic mass is 16.7.